The molecule has 0 fully saturated rings. The largest absolute Gasteiger partial charge is 0.348 e. The molecule has 1 heterocycles. The normalized spacial score (nSPS) is 16.8. The number of nitrogens with one attached hydrogen (secondary N) is 1. The van der Waals surface area contributed by atoms with Crippen LogP contribution in [0.15, 0.2) is 79.0 Å². The van der Waals surface area contributed by atoms with E-state index in [1.165, 1.54) is 6.07 Å². The molecule has 1 aliphatic heterocycles. The quantitative estimate of drug-likeness (QED) is 0.384. The Bertz CT molecular complexity index is 1330. The molecule has 0 radical (unpaired) electrons. The molecule has 0 spiro atoms. The van der Waals surface area contributed by atoms with Gasteiger partial charge in [-0.2, -0.15) is 5.26 Å². The lowest BCUT2D eigenvalue weighted by Crippen LogP contribution is -2.51. The number of amides is 1. The van der Waals surface area contributed by atoms with Crippen LogP contribution in [0.3, 0.4) is 0 Å². The van der Waals surface area contributed by atoms with Gasteiger partial charge in [0.2, 0.25) is 5.54 Å². The molecular formula is C26H18Cl3N3O2. The van der Waals surface area contributed by atoms with Crippen molar-refractivity contribution >= 4 is 52.2 Å². The highest BCUT2D eigenvalue weighted by molar-refractivity contribution is 6.42. The van der Waals surface area contributed by atoms with Gasteiger partial charge in [-0.05, 0) is 42.1 Å². The molecule has 0 bridgehead atoms. The fourth-order valence-electron chi connectivity index (χ4n) is 3.79. The number of rotatable bonds is 6. The number of halogens is 3. The van der Waals surface area contributed by atoms with Crippen molar-refractivity contribution < 1.29 is 9.59 Å². The molecule has 0 saturated heterocycles. The summed E-state index contributed by atoms with van der Waals surface area (Å²) in [6.07, 6.45) is 3.66. The summed E-state index contributed by atoms with van der Waals surface area (Å²) in [5.41, 5.74) is 0.263. The van der Waals surface area contributed by atoms with Crippen molar-refractivity contribution in [2.24, 2.45) is 0 Å². The van der Waals surface area contributed by atoms with E-state index in [-0.39, 0.29) is 30.0 Å². The van der Waals surface area contributed by atoms with Crippen LogP contribution in [0, 0.1) is 11.3 Å². The maximum absolute atomic E-state index is 13.5. The maximum atomic E-state index is 13.5. The van der Waals surface area contributed by atoms with E-state index in [1.807, 2.05) is 6.07 Å². The van der Waals surface area contributed by atoms with Crippen LogP contribution in [-0.4, -0.2) is 22.1 Å². The number of hydrogen-bond acceptors (Lipinski definition) is 4. The van der Waals surface area contributed by atoms with Crippen molar-refractivity contribution in [3.8, 4) is 6.07 Å². The van der Waals surface area contributed by atoms with Gasteiger partial charge >= 0.3 is 0 Å². The van der Waals surface area contributed by atoms with E-state index in [9.17, 15) is 14.9 Å². The Labute approximate surface area is 212 Å². The number of ketones is 1. The minimum Gasteiger partial charge on any atom is -0.348 e. The lowest BCUT2D eigenvalue weighted by Gasteiger charge is -2.32. The van der Waals surface area contributed by atoms with Crippen LogP contribution in [0.5, 0.6) is 0 Å². The summed E-state index contributed by atoms with van der Waals surface area (Å²) < 4.78 is 0. The van der Waals surface area contributed by atoms with E-state index < -0.39 is 11.4 Å². The summed E-state index contributed by atoms with van der Waals surface area (Å²) in [5, 5.41) is 14.0. The van der Waals surface area contributed by atoms with E-state index in [0.717, 1.165) is 5.56 Å². The molecule has 0 unspecified atom stereocenters. The molecule has 1 N–H and O–H groups in total. The number of nitrogens with zero attached hydrogens (tertiary/aromatic N) is 2. The maximum Gasteiger partial charge on any atom is 0.265 e. The standard InChI is InChI=1S/C26H18Cl3N3O2/c27-19-8-10-23(20(14-19)24(33)18-5-2-1-3-6-18)31-25(34)26(16-30)11-4-12-32(26)15-17-7-9-21(28)22(29)13-17/h1-10,12-14H,11,15H2,(H,31,34)/t26-/m0/s1. The van der Waals surface area contributed by atoms with Crippen molar-refractivity contribution in [1.82, 2.24) is 4.90 Å². The Kier molecular flexibility index (Phi) is 6.95. The highest BCUT2D eigenvalue weighted by atomic mass is 35.5. The van der Waals surface area contributed by atoms with E-state index in [0.29, 0.717) is 20.6 Å². The van der Waals surface area contributed by atoms with Crippen molar-refractivity contribution in [2.45, 2.75) is 18.5 Å². The van der Waals surface area contributed by atoms with E-state index in [4.69, 9.17) is 34.8 Å². The van der Waals surface area contributed by atoms with Crippen LogP contribution in [0.2, 0.25) is 15.1 Å². The van der Waals surface area contributed by atoms with Gasteiger partial charge < -0.3 is 10.2 Å². The van der Waals surface area contributed by atoms with Gasteiger partial charge in [0.25, 0.3) is 5.91 Å². The Hall–Kier alpha value is -3.30. The van der Waals surface area contributed by atoms with Gasteiger partial charge in [0.05, 0.1) is 15.7 Å². The van der Waals surface area contributed by atoms with E-state index >= 15 is 0 Å². The lowest BCUT2D eigenvalue weighted by atomic mass is 9.95. The summed E-state index contributed by atoms with van der Waals surface area (Å²) in [4.78, 5) is 28.2. The number of hydrogen-bond donors (Lipinski definition) is 1. The predicted octanol–water partition coefficient (Wildman–Crippen LogP) is 6.50. The molecule has 4 rings (SSSR count). The molecule has 170 valence electrons. The number of nitriles is 1. The SMILES string of the molecule is N#C[C@]1(C(=O)Nc2ccc(Cl)cc2C(=O)c2ccccc2)CC=CN1Cc1ccc(Cl)c(Cl)c1. The lowest BCUT2D eigenvalue weighted by molar-refractivity contribution is -0.123. The monoisotopic (exact) mass is 509 g/mol. The molecule has 34 heavy (non-hydrogen) atoms. The van der Waals surface area contributed by atoms with Gasteiger partial charge in [0.1, 0.15) is 6.07 Å². The van der Waals surface area contributed by atoms with Crippen molar-refractivity contribution in [3.05, 3.63) is 111 Å². The van der Waals surface area contributed by atoms with Gasteiger partial charge in [-0.3, -0.25) is 9.59 Å². The Morgan fingerprint density at radius 1 is 1.00 bits per heavy atom. The summed E-state index contributed by atoms with van der Waals surface area (Å²) in [7, 11) is 0. The number of benzene rings is 3. The second-order valence-corrected chi connectivity index (χ2v) is 9.03. The average molecular weight is 511 g/mol. The van der Waals surface area contributed by atoms with Crippen LogP contribution in [0.25, 0.3) is 0 Å². The molecule has 5 nitrogen and oxygen atoms in total. The molecule has 3 aromatic rings. The van der Waals surface area contributed by atoms with E-state index in [1.54, 1.807) is 71.8 Å². The zero-order chi connectivity index (χ0) is 24.3. The third kappa shape index (κ3) is 4.67. The third-order valence-corrected chi connectivity index (χ3v) is 6.57. The topological polar surface area (TPSA) is 73.2 Å². The zero-order valence-electron chi connectivity index (χ0n) is 17.8. The zero-order valence-corrected chi connectivity index (χ0v) is 20.0. The number of anilines is 1. The summed E-state index contributed by atoms with van der Waals surface area (Å²) in [6, 6.07) is 20.7. The summed E-state index contributed by atoms with van der Waals surface area (Å²) in [5.74, 6) is -0.842. The number of carbonyl (C=O) groups is 2. The molecule has 1 atom stereocenters. The average Bonchev–Trinajstić information content (AvgIpc) is 3.26. The molecular weight excluding hydrogens is 493 g/mol. The Morgan fingerprint density at radius 3 is 2.47 bits per heavy atom. The van der Waals surface area contributed by atoms with Gasteiger partial charge in [-0.25, -0.2) is 0 Å². The van der Waals surface area contributed by atoms with Gasteiger partial charge in [-0.15, -0.1) is 0 Å². The van der Waals surface area contributed by atoms with Crippen LogP contribution in [0.1, 0.15) is 27.9 Å². The third-order valence-electron chi connectivity index (χ3n) is 5.60. The molecule has 0 aliphatic carbocycles. The van der Waals surface area contributed by atoms with E-state index in [2.05, 4.69) is 11.4 Å². The number of carbonyl (C=O) groups excluding carboxylic acids is 2. The molecule has 1 aliphatic rings. The highest BCUT2D eigenvalue weighted by Gasteiger charge is 2.45. The Balaban J connectivity index is 1.63. The van der Waals surface area contributed by atoms with Crippen molar-refractivity contribution in [1.29, 1.82) is 5.26 Å². The first-order valence-corrected chi connectivity index (χ1v) is 11.5. The predicted molar refractivity (Wildman–Crippen MR) is 134 cm³/mol. The first kappa shape index (κ1) is 23.8. The van der Waals surface area contributed by atoms with Crippen LogP contribution < -0.4 is 5.32 Å². The Morgan fingerprint density at radius 2 is 1.76 bits per heavy atom. The second kappa shape index (κ2) is 9.90. The molecule has 1 amide bonds. The van der Waals surface area contributed by atoms with Crippen LogP contribution in [0.4, 0.5) is 5.69 Å². The smallest absolute Gasteiger partial charge is 0.265 e. The molecule has 3 aromatic carbocycles. The summed E-state index contributed by atoms with van der Waals surface area (Å²) >= 11 is 18.3. The molecule has 0 aromatic heterocycles. The summed E-state index contributed by atoms with van der Waals surface area (Å²) in [6.45, 7) is 0.269. The van der Waals surface area contributed by atoms with Gasteiger partial charge in [0, 0.05) is 29.1 Å². The first-order chi connectivity index (χ1) is 16.3. The molecule has 8 heteroatoms. The van der Waals surface area contributed by atoms with Crippen LogP contribution >= 0.6 is 34.8 Å². The van der Waals surface area contributed by atoms with Crippen LogP contribution in [-0.2, 0) is 11.3 Å². The highest BCUT2D eigenvalue weighted by Crippen LogP contribution is 2.33. The second-order valence-electron chi connectivity index (χ2n) is 7.78. The minimum absolute atomic E-state index is 0.187. The molecule has 0 saturated carbocycles. The fraction of sp³-hybridized carbons (Fsp3) is 0.115. The first-order valence-electron chi connectivity index (χ1n) is 10.3. The van der Waals surface area contributed by atoms with Crippen molar-refractivity contribution in [3.63, 3.8) is 0 Å². The van der Waals surface area contributed by atoms with Gasteiger partial charge in [0.15, 0.2) is 5.78 Å². The minimum atomic E-state index is -1.50. The van der Waals surface area contributed by atoms with Gasteiger partial charge in [-0.1, -0.05) is 77.3 Å². The fourth-order valence-corrected chi connectivity index (χ4v) is 4.28. The van der Waals surface area contributed by atoms with Crippen molar-refractivity contribution in [2.75, 3.05) is 5.32 Å².